The van der Waals surface area contributed by atoms with E-state index in [1.165, 1.54) is 5.56 Å². The number of imidazole rings is 1. The van der Waals surface area contributed by atoms with Crippen molar-refractivity contribution in [3.05, 3.63) is 53.6 Å². The third-order valence-corrected chi connectivity index (χ3v) is 4.30. The Balaban J connectivity index is 1.96. The van der Waals surface area contributed by atoms with Crippen LogP contribution in [-0.2, 0) is 28.9 Å². The van der Waals surface area contributed by atoms with Gasteiger partial charge >= 0.3 is 11.9 Å². The monoisotopic (exact) mass is 373 g/mol. The highest BCUT2D eigenvalue weighted by atomic mass is 16.4. The van der Waals surface area contributed by atoms with E-state index in [1.54, 1.807) is 6.20 Å². The second-order valence-electron chi connectivity index (χ2n) is 7.11. The Morgan fingerprint density at radius 3 is 2.33 bits per heavy atom. The summed E-state index contributed by atoms with van der Waals surface area (Å²) >= 11 is 0. The molecular formula is C20H27N3O4. The van der Waals surface area contributed by atoms with Crippen LogP contribution in [-0.4, -0.2) is 44.2 Å². The van der Waals surface area contributed by atoms with Gasteiger partial charge in [-0.05, 0) is 24.3 Å². The van der Waals surface area contributed by atoms with Crippen molar-refractivity contribution < 1.29 is 19.8 Å². The SMILES string of the molecule is CC(C)CC(NC(Cc1c[nH]c(CCc2ccccc2)n1)C(=O)O)C(=O)O. The lowest BCUT2D eigenvalue weighted by molar-refractivity contribution is -0.142. The number of carbonyl (C=O) groups is 2. The van der Waals surface area contributed by atoms with Gasteiger partial charge in [0.2, 0.25) is 0 Å². The Labute approximate surface area is 158 Å². The highest BCUT2D eigenvalue weighted by Gasteiger charge is 2.27. The average molecular weight is 373 g/mol. The molecule has 4 N–H and O–H groups in total. The summed E-state index contributed by atoms with van der Waals surface area (Å²) in [6.07, 6.45) is 3.74. The maximum atomic E-state index is 11.6. The second-order valence-corrected chi connectivity index (χ2v) is 7.11. The first kappa shape index (κ1) is 20.6. The Hall–Kier alpha value is -2.67. The van der Waals surface area contributed by atoms with Gasteiger partial charge in [-0.2, -0.15) is 0 Å². The van der Waals surface area contributed by atoms with Crippen LogP contribution in [0.1, 0.15) is 37.4 Å². The molecule has 2 rings (SSSR count). The fraction of sp³-hybridized carbons (Fsp3) is 0.450. The molecule has 0 aliphatic heterocycles. The Morgan fingerprint density at radius 1 is 1.07 bits per heavy atom. The number of aromatic nitrogens is 2. The number of H-pyrrole nitrogens is 1. The minimum atomic E-state index is -1.08. The fourth-order valence-corrected chi connectivity index (χ4v) is 2.93. The van der Waals surface area contributed by atoms with E-state index in [9.17, 15) is 19.8 Å². The molecule has 0 aliphatic rings. The third kappa shape index (κ3) is 6.86. The number of nitrogens with one attached hydrogen (secondary N) is 2. The second kappa shape index (κ2) is 9.87. The summed E-state index contributed by atoms with van der Waals surface area (Å²) < 4.78 is 0. The molecule has 0 amide bonds. The Kier molecular flexibility index (Phi) is 7.55. The van der Waals surface area contributed by atoms with Gasteiger partial charge in [-0.1, -0.05) is 44.2 Å². The van der Waals surface area contributed by atoms with E-state index >= 15 is 0 Å². The number of nitrogens with zero attached hydrogens (tertiary/aromatic N) is 1. The summed E-state index contributed by atoms with van der Waals surface area (Å²) in [5, 5.41) is 21.5. The summed E-state index contributed by atoms with van der Waals surface area (Å²) in [6, 6.07) is 8.14. The molecule has 2 unspecified atom stereocenters. The van der Waals surface area contributed by atoms with Gasteiger partial charge in [-0.25, -0.2) is 4.98 Å². The Bertz CT molecular complexity index is 743. The molecule has 0 saturated heterocycles. The molecule has 0 bridgehead atoms. The van der Waals surface area contributed by atoms with Crippen LogP contribution in [0.5, 0.6) is 0 Å². The quantitative estimate of drug-likeness (QED) is 0.480. The van der Waals surface area contributed by atoms with Gasteiger partial charge in [0, 0.05) is 19.0 Å². The molecule has 1 aromatic heterocycles. The molecule has 0 radical (unpaired) electrons. The van der Waals surface area contributed by atoms with Crippen LogP contribution in [0.3, 0.4) is 0 Å². The van der Waals surface area contributed by atoms with Crippen LogP contribution in [0.15, 0.2) is 36.5 Å². The van der Waals surface area contributed by atoms with Gasteiger partial charge in [0.05, 0.1) is 5.69 Å². The van der Waals surface area contributed by atoms with Crippen LogP contribution < -0.4 is 5.32 Å². The summed E-state index contributed by atoms with van der Waals surface area (Å²) in [6.45, 7) is 3.81. The minimum Gasteiger partial charge on any atom is -0.480 e. The maximum absolute atomic E-state index is 11.6. The van der Waals surface area contributed by atoms with Crippen molar-refractivity contribution in [2.45, 2.75) is 51.6 Å². The van der Waals surface area contributed by atoms with Gasteiger partial charge in [-0.15, -0.1) is 0 Å². The maximum Gasteiger partial charge on any atom is 0.321 e. The van der Waals surface area contributed by atoms with Crippen molar-refractivity contribution in [2.75, 3.05) is 0 Å². The van der Waals surface area contributed by atoms with Gasteiger partial charge in [0.1, 0.15) is 17.9 Å². The van der Waals surface area contributed by atoms with E-state index in [1.807, 2.05) is 32.0 Å². The lowest BCUT2D eigenvalue weighted by Gasteiger charge is -2.21. The smallest absolute Gasteiger partial charge is 0.321 e. The van der Waals surface area contributed by atoms with E-state index in [0.717, 1.165) is 18.7 Å². The highest BCUT2D eigenvalue weighted by Crippen LogP contribution is 2.10. The van der Waals surface area contributed by atoms with Crippen molar-refractivity contribution >= 4 is 11.9 Å². The van der Waals surface area contributed by atoms with Gasteiger partial charge in [0.15, 0.2) is 0 Å². The molecule has 27 heavy (non-hydrogen) atoms. The average Bonchev–Trinajstić information content (AvgIpc) is 3.06. The number of aliphatic carboxylic acids is 2. The van der Waals surface area contributed by atoms with Crippen molar-refractivity contribution in [3.8, 4) is 0 Å². The van der Waals surface area contributed by atoms with Crippen LogP contribution >= 0.6 is 0 Å². The van der Waals surface area contributed by atoms with Crippen molar-refractivity contribution in [3.63, 3.8) is 0 Å². The first-order valence-electron chi connectivity index (χ1n) is 9.14. The molecule has 0 spiro atoms. The molecular weight excluding hydrogens is 346 g/mol. The molecule has 1 heterocycles. The lowest BCUT2D eigenvalue weighted by Crippen LogP contribution is -2.48. The zero-order valence-electron chi connectivity index (χ0n) is 15.7. The number of carboxylic acid groups (broad SMARTS) is 2. The number of carboxylic acids is 2. The zero-order valence-corrected chi connectivity index (χ0v) is 15.7. The molecule has 146 valence electrons. The zero-order chi connectivity index (χ0) is 19.8. The summed E-state index contributed by atoms with van der Waals surface area (Å²) in [7, 11) is 0. The first-order chi connectivity index (χ1) is 12.8. The molecule has 0 saturated carbocycles. The van der Waals surface area contributed by atoms with Crippen LogP contribution in [0.2, 0.25) is 0 Å². The summed E-state index contributed by atoms with van der Waals surface area (Å²) in [4.78, 5) is 30.5. The van der Waals surface area contributed by atoms with Gasteiger partial charge < -0.3 is 15.2 Å². The number of benzene rings is 1. The number of aryl methyl sites for hydroxylation is 2. The van der Waals surface area contributed by atoms with Crippen molar-refractivity contribution in [2.24, 2.45) is 5.92 Å². The molecule has 1 aromatic carbocycles. The standard InChI is InChI=1S/C20H27N3O4/c1-13(2)10-16(19(24)25)23-17(20(26)27)11-15-12-21-18(22-15)9-8-14-6-4-3-5-7-14/h3-7,12-13,16-17,23H,8-11H2,1-2H3,(H,21,22)(H,24,25)(H,26,27). The molecule has 7 heteroatoms. The van der Waals surface area contributed by atoms with Crippen LogP contribution in [0.25, 0.3) is 0 Å². The number of hydrogen-bond donors (Lipinski definition) is 4. The van der Waals surface area contributed by atoms with Crippen LogP contribution in [0.4, 0.5) is 0 Å². The molecule has 0 fully saturated rings. The highest BCUT2D eigenvalue weighted by molar-refractivity contribution is 5.77. The van der Waals surface area contributed by atoms with E-state index < -0.39 is 24.0 Å². The number of aromatic amines is 1. The van der Waals surface area contributed by atoms with E-state index in [0.29, 0.717) is 12.1 Å². The largest absolute Gasteiger partial charge is 0.480 e. The minimum absolute atomic E-state index is 0.124. The van der Waals surface area contributed by atoms with Crippen molar-refractivity contribution in [1.82, 2.24) is 15.3 Å². The third-order valence-electron chi connectivity index (χ3n) is 4.30. The van der Waals surface area contributed by atoms with Gasteiger partial charge in [0.25, 0.3) is 0 Å². The molecule has 2 aromatic rings. The normalized spacial score (nSPS) is 13.4. The van der Waals surface area contributed by atoms with E-state index in [2.05, 4.69) is 27.4 Å². The first-order valence-corrected chi connectivity index (χ1v) is 9.14. The summed E-state index contributed by atoms with van der Waals surface area (Å²) in [5.41, 5.74) is 1.81. The van der Waals surface area contributed by atoms with Crippen molar-refractivity contribution in [1.29, 1.82) is 0 Å². The fourth-order valence-electron chi connectivity index (χ4n) is 2.93. The summed E-state index contributed by atoms with van der Waals surface area (Å²) in [5.74, 6) is -1.20. The lowest BCUT2D eigenvalue weighted by atomic mass is 10.0. The topological polar surface area (TPSA) is 115 Å². The molecule has 2 atom stereocenters. The molecule has 0 aliphatic carbocycles. The number of rotatable bonds is 11. The predicted molar refractivity (Wildman–Crippen MR) is 102 cm³/mol. The number of hydrogen-bond acceptors (Lipinski definition) is 4. The van der Waals surface area contributed by atoms with Gasteiger partial charge in [-0.3, -0.25) is 14.9 Å². The molecule has 7 nitrogen and oxygen atoms in total. The van der Waals surface area contributed by atoms with E-state index in [-0.39, 0.29) is 12.3 Å². The van der Waals surface area contributed by atoms with E-state index in [4.69, 9.17) is 0 Å². The van der Waals surface area contributed by atoms with Crippen LogP contribution in [0, 0.1) is 5.92 Å². The predicted octanol–water partition coefficient (Wildman–Crippen LogP) is 2.28. The Morgan fingerprint density at radius 2 is 1.74 bits per heavy atom.